The third kappa shape index (κ3) is 3.02. The Hall–Kier alpha value is -1.67. The van der Waals surface area contributed by atoms with E-state index in [9.17, 15) is 0 Å². The average molecular weight is 252 g/mol. The summed E-state index contributed by atoms with van der Waals surface area (Å²) in [4.78, 5) is 4.41. The Morgan fingerprint density at radius 1 is 1.32 bits per heavy atom. The molecule has 1 saturated carbocycles. The maximum absolute atomic E-state index is 4.41. The normalized spacial score (nSPS) is 15.9. The van der Waals surface area contributed by atoms with E-state index in [2.05, 4.69) is 47.6 Å². The minimum absolute atomic E-state index is 0.768. The average Bonchev–Trinajstić information content (AvgIpc) is 3.28. The Labute approximate surface area is 114 Å². The standard InChI is InChI=1S/C17H20N2/c1-2-13(12-19-15-7-8-15)11-14-9-10-18-17-6-4-3-5-16(14)17/h3-6,9-11,15,19H,2,7-8,12H2,1H3. The van der Waals surface area contributed by atoms with Crippen LogP contribution in [0.25, 0.3) is 17.0 Å². The largest absolute Gasteiger partial charge is 0.310 e. The SMILES string of the molecule is CCC(=Cc1ccnc2ccccc12)CNC1CC1. The van der Waals surface area contributed by atoms with Gasteiger partial charge in [-0.25, -0.2) is 0 Å². The second-order valence-electron chi connectivity index (χ2n) is 5.23. The first kappa shape index (κ1) is 12.4. The Balaban J connectivity index is 1.88. The van der Waals surface area contributed by atoms with Crippen LogP contribution in [0.1, 0.15) is 31.7 Å². The fraction of sp³-hybridized carbons (Fsp3) is 0.353. The number of rotatable bonds is 5. The van der Waals surface area contributed by atoms with Gasteiger partial charge in [-0.15, -0.1) is 0 Å². The summed E-state index contributed by atoms with van der Waals surface area (Å²) in [5.41, 5.74) is 3.81. The first-order chi connectivity index (χ1) is 9.36. The molecule has 1 fully saturated rings. The summed E-state index contributed by atoms with van der Waals surface area (Å²) in [6.45, 7) is 3.24. The first-order valence-corrected chi connectivity index (χ1v) is 7.13. The van der Waals surface area contributed by atoms with E-state index in [0.717, 1.165) is 24.5 Å². The molecule has 0 radical (unpaired) electrons. The van der Waals surface area contributed by atoms with Crippen LogP contribution in [0.2, 0.25) is 0 Å². The molecule has 3 rings (SSSR count). The molecule has 0 unspecified atom stereocenters. The molecule has 0 saturated heterocycles. The number of aromatic nitrogens is 1. The van der Waals surface area contributed by atoms with E-state index in [1.807, 2.05) is 12.3 Å². The van der Waals surface area contributed by atoms with Gasteiger partial charge in [0.1, 0.15) is 0 Å². The molecule has 0 bridgehead atoms. The van der Waals surface area contributed by atoms with E-state index in [-0.39, 0.29) is 0 Å². The molecule has 19 heavy (non-hydrogen) atoms. The molecule has 1 heterocycles. The van der Waals surface area contributed by atoms with Gasteiger partial charge in [0.15, 0.2) is 0 Å². The van der Waals surface area contributed by atoms with Gasteiger partial charge in [-0.05, 0) is 37.0 Å². The van der Waals surface area contributed by atoms with Gasteiger partial charge >= 0.3 is 0 Å². The van der Waals surface area contributed by atoms with Crippen molar-refractivity contribution < 1.29 is 0 Å². The zero-order valence-electron chi connectivity index (χ0n) is 11.4. The minimum Gasteiger partial charge on any atom is -0.310 e. The maximum atomic E-state index is 4.41. The van der Waals surface area contributed by atoms with E-state index in [0.29, 0.717) is 0 Å². The smallest absolute Gasteiger partial charge is 0.0707 e. The van der Waals surface area contributed by atoms with Crippen LogP contribution in [0.5, 0.6) is 0 Å². The molecular weight excluding hydrogens is 232 g/mol. The summed E-state index contributed by atoms with van der Waals surface area (Å²) in [6, 6.07) is 11.2. The number of fused-ring (bicyclic) bond motifs is 1. The third-order valence-electron chi connectivity index (χ3n) is 3.69. The quantitative estimate of drug-likeness (QED) is 0.876. The van der Waals surface area contributed by atoms with Gasteiger partial charge in [0.25, 0.3) is 0 Å². The zero-order valence-corrected chi connectivity index (χ0v) is 11.4. The van der Waals surface area contributed by atoms with Crippen molar-refractivity contribution in [3.05, 3.63) is 47.7 Å². The molecule has 0 aliphatic heterocycles. The van der Waals surface area contributed by atoms with Gasteiger partial charge in [-0.2, -0.15) is 0 Å². The van der Waals surface area contributed by atoms with Gasteiger partial charge in [-0.3, -0.25) is 4.98 Å². The summed E-state index contributed by atoms with van der Waals surface area (Å²) in [5.74, 6) is 0. The number of hydrogen-bond acceptors (Lipinski definition) is 2. The molecule has 0 amide bonds. The zero-order chi connectivity index (χ0) is 13.1. The molecule has 2 heteroatoms. The molecule has 1 aliphatic carbocycles. The van der Waals surface area contributed by atoms with Crippen LogP contribution in [0.3, 0.4) is 0 Å². The predicted molar refractivity (Wildman–Crippen MR) is 81.0 cm³/mol. The maximum Gasteiger partial charge on any atom is 0.0707 e. The molecule has 0 atom stereocenters. The highest BCUT2D eigenvalue weighted by Gasteiger charge is 2.20. The number of nitrogens with zero attached hydrogens (tertiary/aromatic N) is 1. The van der Waals surface area contributed by atoms with Crippen LogP contribution < -0.4 is 5.32 Å². The van der Waals surface area contributed by atoms with Gasteiger partial charge in [0.05, 0.1) is 5.52 Å². The van der Waals surface area contributed by atoms with Crippen LogP contribution in [0, 0.1) is 0 Å². The minimum atomic E-state index is 0.768. The number of benzene rings is 1. The number of pyridine rings is 1. The first-order valence-electron chi connectivity index (χ1n) is 7.13. The third-order valence-corrected chi connectivity index (χ3v) is 3.69. The van der Waals surface area contributed by atoms with Crippen molar-refractivity contribution in [2.75, 3.05) is 6.54 Å². The summed E-state index contributed by atoms with van der Waals surface area (Å²) < 4.78 is 0. The van der Waals surface area contributed by atoms with Crippen molar-refractivity contribution in [1.29, 1.82) is 0 Å². The topological polar surface area (TPSA) is 24.9 Å². The van der Waals surface area contributed by atoms with Gasteiger partial charge in [-0.1, -0.05) is 36.8 Å². The molecule has 1 aromatic carbocycles. The summed E-state index contributed by atoms with van der Waals surface area (Å²) in [5, 5.41) is 4.83. The second kappa shape index (κ2) is 5.54. The van der Waals surface area contributed by atoms with Crippen LogP contribution in [-0.2, 0) is 0 Å². The molecule has 2 aromatic rings. The second-order valence-corrected chi connectivity index (χ2v) is 5.23. The lowest BCUT2D eigenvalue weighted by atomic mass is 10.0. The number of para-hydroxylation sites is 1. The Kier molecular flexibility index (Phi) is 3.60. The lowest BCUT2D eigenvalue weighted by Gasteiger charge is -2.08. The molecule has 98 valence electrons. The van der Waals surface area contributed by atoms with Crippen LogP contribution in [0.4, 0.5) is 0 Å². The monoisotopic (exact) mass is 252 g/mol. The van der Waals surface area contributed by atoms with Crippen molar-refractivity contribution in [3.63, 3.8) is 0 Å². The Morgan fingerprint density at radius 3 is 2.95 bits per heavy atom. The highest BCUT2D eigenvalue weighted by molar-refractivity contribution is 5.87. The lowest BCUT2D eigenvalue weighted by molar-refractivity contribution is 0.723. The Morgan fingerprint density at radius 2 is 2.16 bits per heavy atom. The van der Waals surface area contributed by atoms with Crippen LogP contribution >= 0.6 is 0 Å². The molecule has 2 nitrogen and oxygen atoms in total. The van der Waals surface area contributed by atoms with Crippen molar-refractivity contribution in [2.24, 2.45) is 0 Å². The highest BCUT2D eigenvalue weighted by atomic mass is 14.9. The van der Waals surface area contributed by atoms with Gasteiger partial charge < -0.3 is 5.32 Å². The fourth-order valence-electron chi connectivity index (χ4n) is 2.30. The van der Waals surface area contributed by atoms with Gasteiger partial charge in [0, 0.05) is 24.2 Å². The van der Waals surface area contributed by atoms with E-state index in [4.69, 9.17) is 0 Å². The molecule has 0 spiro atoms. The number of hydrogen-bond donors (Lipinski definition) is 1. The van der Waals surface area contributed by atoms with Crippen LogP contribution in [0.15, 0.2) is 42.1 Å². The summed E-state index contributed by atoms with van der Waals surface area (Å²) >= 11 is 0. The molecule has 1 N–H and O–H groups in total. The van der Waals surface area contributed by atoms with Crippen molar-refractivity contribution in [3.8, 4) is 0 Å². The number of nitrogens with one attached hydrogen (secondary N) is 1. The van der Waals surface area contributed by atoms with Crippen molar-refractivity contribution >= 4 is 17.0 Å². The van der Waals surface area contributed by atoms with E-state index in [1.54, 1.807) is 0 Å². The summed E-state index contributed by atoms with van der Waals surface area (Å²) in [7, 11) is 0. The summed E-state index contributed by atoms with van der Waals surface area (Å²) in [6.07, 6.45) is 8.00. The van der Waals surface area contributed by atoms with Crippen LogP contribution in [-0.4, -0.2) is 17.6 Å². The molecular formula is C17H20N2. The van der Waals surface area contributed by atoms with Gasteiger partial charge in [0.2, 0.25) is 0 Å². The Bertz CT molecular complexity index is 592. The lowest BCUT2D eigenvalue weighted by Crippen LogP contribution is -2.18. The van der Waals surface area contributed by atoms with Crippen molar-refractivity contribution in [1.82, 2.24) is 10.3 Å². The predicted octanol–water partition coefficient (Wildman–Crippen LogP) is 3.78. The van der Waals surface area contributed by atoms with E-state index < -0.39 is 0 Å². The fourth-order valence-corrected chi connectivity index (χ4v) is 2.30. The van der Waals surface area contributed by atoms with E-state index >= 15 is 0 Å². The van der Waals surface area contributed by atoms with E-state index in [1.165, 1.54) is 29.4 Å². The molecule has 1 aliphatic rings. The molecule has 1 aromatic heterocycles. The van der Waals surface area contributed by atoms with Crippen molar-refractivity contribution in [2.45, 2.75) is 32.2 Å². The highest BCUT2D eigenvalue weighted by Crippen LogP contribution is 2.21.